The molecule has 0 radical (unpaired) electrons. The van der Waals surface area contributed by atoms with Gasteiger partial charge in [0.25, 0.3) is 0 Å². The molecule has 234 valence electrons. The monoisotopic (exact) mass is 630 g/mol. The molecule has 0 unspecified atom stereocenters. The number of nitrogens with one attached hydrogen (secondary N) is 1. The number of urea groups is 1. The molecule has 4 amide bonds. The van der Waals surface area contributed by atoms with Gasteiger partial charge < -0.3 is 26.6 Å². The summed E-state index contributed by atoms with van der Waals surface area (Å²) in [5.74, 6) is -0.760. The van der Waals surface area contributed by atoms with Crippen LogP contribution in [0.25, 0.3) is 10.2 Å². The maximum atomic E-state index is 14.2. The van der Waals surface area contributed by atoms with E-state index in [1.165, 1.54) is 23.5 Å². The lowest BCUT2D eigenvalue weighted by Gasteiger charge is -2.46. The minimum atomic E-state index is -0.782. The van der Waals surface area contributed by atoms with Gasteiger partial charge in [-0.15, -0.1) is 0 Å². The number of anilines is 2. The van der Waals surface area contributed by atoms with E-state index in [-0.39, 0.29) is 49.8 Å². The number of halogens is 1. The lowest BCUT2D eigenvalue weighted by molar-refractivity contribution is -0.157. The van der Waals surface area contributed by atoms with Gasteiger partial charge in [-0.2, -0.15) is 5.01 Å². The van der Waals surface area contributed by atoms with Crippen LogP contribution in [-0.4, -0.2) is 74.5 Å². The molecule has 0 saturated carbocycles. The zero-order valence-corrected chi connectivity index (χ0v) is 25.7. The third-order valence-electron chi connectivity index (χ3n) is 8.19. The molecule has 2 aliphatic rings. The van der Waals surface area contributed by atoms with Gasteiger partial charge >= 0.3 is 6.03 Å². The number of nitrogens with two attached hydrogens (primary N) is 2. The molecule has 2 atom stereocenters. The molecule has 2 fully saturated rings. The third kappa shape index (κ3) is 6.26. The normalized spacial score (nSPS) is 18.4. The van der Waals surface area contributed by atoms with Crippen LogP contribution in [0.5, 0.6) is 0 Å². The maximum absolute atomic E-state index is 14.2. The van der Waals surface area contributed by atoms with Crippen LogP contribution in [0.2, 0.25) is 0 Å². The maximum Gasteiger partial charge on any atom is 0.332 e. The highest BCUT2D eigenvalue weighted by Crippen LogP contribution is 2.32. The smallest absolute Gasteiger partial charge is 0.332 e. The summed E-state index contributed by atoms with van der Waals surface area (Å²) >= 11 is 1.39. The molecule has 13 heteroatoms. The topological polar surface area (TPSA) is 141 Å². The van der Waals surface area contributed by atoms with E-state index in [2.05, 4.69) is 10.3 Å². The lowest BCUT2D eigenvalue weighted by Crippen LogP contribution is -2.66. The number of aromatic nitrogens is 1. The molecule has 4 aromatic rings. The van der Waals surface area contributed by atoms with E-state index < -0.39 is 12.2 Å². The van der Waals surface area contributed by atoms with Crippen molar-refractivity contribution in [3.05, 3.63) is 89.2 Å². The van der Waals surface area contributed by atoms with Crippen LogP contribution in [0, 0.1) is 5.82 Å². The van der Waals surface area contributed by atoms with E-state index in [4.69, 9.17) is 11.5 Å². The fraction of sp³-hybridized carbons (Fsp3) is 0.312. The minimum absolute atomic E-state index is 0.0494. The average molecular weight is 631 g/mol. The van der Waals surface area contributed by atoms with E-state index in [1.807, 2.05) is 37.3 Å². The zero-order valence-electron chi connectivity index (χ0n) is 24.9. The standard InChI is InChI=1S/C32H35FN8O3S/c1-2-14-39(32(44)36-16-21-6-10-23(33)11-7-21)40-19-28(42)41-25(15-20-8-12-24(34)13-9-20)30(43)38(18-27(40)41)17-22-4-3-5-26-29(22)37-31(35)45-26/h3-13,25,27H,2,14-19,34H2,1H3,(H2,35,37)(H,36,44)/t25-,27+/m0/s1. The van der Waals surface area contributed by atoms with Crippen LogP contribution in [0.3, 0.4) is 0 Å². The van der Waals surface area contributed by atoms with Crippen molar-refractivity contribution in [1.82, 2.24) is 30.1 Å². The fourth-order valence-electron chi connectivity index (χ4n) is 6.05. The molecule has 6 rings (SSSR count). The number of rotatable bonds is 9. The number of piperazine rings is 1. The van der Waals surface area contributed by atoms with E-state index in [0.29, 0.717) is 30.2 Å². The number of carbonyl (C=O) groups excluding carboxylic acids is 3. The number of para-hydroxylation sites is 1. The van der Waals surface area contributed by atoms with Crippen molar-refractivity contribution in [1.29, 1.82) is 0 Å². The van der Waals surface area contributed by atoms with Crippen LogP contribution in [0.1, 0.15) is 30.0 Å². The van der Waals surface area contributed by atoms with E-state index in [1.54, 1.807) is 44.1 Å². The zero-order chi connectivity index (χ0) is 31.7. The second-order valence-electron chi connectivity index (χ2n) is 11.3. The Morgan fingerprint density at radius 1 is 1.07 bits per heavy atom. The Bertz CT molecular complexity index is 1710. The molecule has 3 heterocycles. The predicted octanol–water partition coefficient (Wildman–Crippen LogP) is 3.56. The average Bonchev–Trinajstić information content (AvgIpc) is 3.57. The van der Waals surface area contributed by atoms with Crippen molar-refractivity contribution in [2.75, 3.05) is 31.1 Å². The number of nitrogen functional groups attached to an aromatic ring is 2. The number of amides is 4. The fourth-order valence-corrected chi connectivity index (χ4v) is 6.84. The Hall–Kier alpha value is -4.75. The first kappa shape index (κ1) is 30.3. The Morgan fingerprint density at radius 3 is 2.53 bits per heavy atom. The van der Waals surface area contributed by atoms with Gasteiger partial charge in [0.15, 0.2) is 5.13 Å². The Labute approximate surface area is 264 Å². The summed E-state index contributed by atoms with van der Waals surface area (Å²) in [6.07, 6.45) is 0.368. The molecular formula is C32H35FN8O3S. The molecule has 0 bridgehead atoms. The second-order valence-corrected chi connectivity index (χ2v) is 12.3. The van der Waals surface area contributed by atoms with Gasteiger partial charge in [0.2, 0.25) is 11.8 Å². The Kier molecular flexibility index (Phi) is 8.55. The summed E-state index contributed by atoms with van der Waals surface area (Å²) in [6, 6.07) is 17.8. The second kappa shape index (κ2) is 12.7. The lowest BCUT2D eigenvalue weighted by atomic mass is 9.99. The Morgan fingerprint density at radius 2 is 1.80 bits per heavy atom. The van der Waals surface area contributed by atoms with Gasteiger partial charge in [0.1, 0.15) is 18.0 Å². The van der Waals surface area contributed by atoms with E-state index in [0.717, 1.165) is 26.9 Å². The molecule has 3 aromatic carbocycles. The molecule has 2 aliphatic heterocycles. The number of fused-ring (bicyclic) bond motifs is 2. The first-order chi connectivity index (χ1) is 21.7. The molecule has 0 aliphatic carbocycles. The summed E-state index contributed by atoms with van der Waals surface area (Å²) in [7, 11) is 0. The summed E-state index contributed by atoms with van der Waals surface area (Å²) in [6.45, 7) is 2.93. The summed E-state index contributed by atoms with van der Waals surface area (Å²) < 4.78 is 14.3. The molecule has 0 spiro atoms. The summed E-state index contributed by atoms with van der Waals surface area (Å²) in [5, 5.41) is 6.68. The van der Waals surface area contributed by atoms with Gasteiger partial charge in [0.05, 0.1) is 23.3 Å². The number of benzene rings is 3. The molecule has 11 nitrogen and oxygen atoms in total. The first-order valence-corrected chi connectivity index (χ1v) is 15.7. The minimum Gasteiger partial charge on any atom is -0.399 e. The van der Waals surface area contributed by atoms with Crippen molar-refractivity contribution < 1.29 is 18.8 Å². The van der Waals surface area contributed by atoms with Crippen LogP contribution < -0.4 is 16.8 Å². The largest absolute Gasteiger partial charge is 0.399 e. The highest BCUT2D eigenvalue weighted by molar-refractivity contribution is 7.22. The number of nitrogens with zero attached hydrogens (tertiary/aromatic N) is 5. The predicted molar refractivity (Wildman–Crippen MR) is 171 cm³/mol. The van der Waals surface area contributed by atoms with Gasteiger partial charge in [-0.1, -0.05) is 54.7 Å². The molecular weight excluding hydrogens is 595 g/mol. The van der Waals surface area contributed by atoms with Crippen molar-refractivity contribution in [3.8, 4) is 0 Å². The Balaban J connectivity index is 1.30. The van der Waals surface area contributed by atoms with E-state index in [9.17, 15) is 18.8 Å². The highest BCUT2D eigenvalue weighted by Gasteiger charge is 2.52. The molecule has 1 aromatic heterocycles. The van der Waals surface area contributed by atoms with Gasteiger partial charge in [-0.3, -0.25) is 14.6 Å². The number of carbonyl (C=O) groups is 3. The summed E-state index contributed by atoms with van der Waals surface area (Å²) in [5.41, 5.74) is 15.7. The van der Waals surface area contributed by atoms with Crippen LogP contribution in [-0.2, 0) is 29.1 Å². The summed E-state index contributed by atoms with van der Waals surface area (Å²) in [4.78, 5) is 49.3. The highest BCUT2D eigenvalue weighted by atomic mass is 32.1. The van der Waals surface area contributed by atoms with Crippen molar-refractivity contribution in [2.24, 2.45) is 0 Å². The molecule has 45 heavy (non-hydrogen) atoms. The number of hydrogen-bond acceptors (Lipinski definition) is 8. The number of hydrogen-bond donors (Lipinski definition) is 3. The number of hydrazine groups is 1. The van der Waals surface area contributed by atoms with Gasteiger partial charge in [-0.25, -0.2) is 14.2 Å². The first-order valence-electron chi connectivity index (χ1n) is 14.9. The molecule has 5 N–H and O–H groups in total. The van der Waals surface area contributed by atoms with Crippen molar-refractivity contribution in [2.45, 2.75) is 45.1 Å². The molecule has 2 saturated heterocycles. The van der Waals surface area contributed by atoms with Crippen LogP contribution in [0.4, 0.5) is 20.0 Å². The van der Waals surface area contributed by atoms with Gasteiger partial charge in [0, 0.05) is 31.7 Å². The van der Waals surface area contributed by atoms with E-state index >= 15 is 0 Å². The van der Waals surface area contributed by atoms with Crippen molar-refractivity contribution >= 4 is 50.2 Å². The van der Waals surface area contributed by atoms with Crippen LogP contribution in [0.15, 0.2) is 66.7 Å². The number of thiazole rings is 1. The van der Waals surface area contributed by atoms with Gasteiger partial charge in [-0.05, 0) is 53.4 Å². The van der Waals surface area contributed by atoms with Crippen molar-refractivity contribution in [3.63, 3.8) is 0 Å². The quantitative estimate of drug-likeness (QED) is 0.240. The third-order valence-corrected chi connectivity index (χ3v) is 9.04. The van der Waals surface area contributed by atoms with Crippen LogP contribution >= 0.6 is 11.3 Å². The SMILES string of the molecule is CCCN(C(=O)NCc1ccc(F)cc1)N1CC(=O)N2[C@@H](Cc3ccc(N)cc3)C(=O)N(Cc3cccc4sc(N)nc34)C[C@@H]21.